The van der Waals surface area contributed by atoms with E-state index in [0.29, 0.717) is 10.7 Å². The molecular weight excluding hydrogens is 259 g/mol. The lowest BCUT2D eigenvalue weighted by atomic mass is 10.2. The predicted octanol–water partition coefficient (Wildman–Crippen LogP) is 3.10. The maximum atomic E-state index is 6.07. The quantitative estimate of drug-likeness (QED) is 0.635. The van der Waals surface area contributed by atoms with Crippen LogP contribution >= 0.6 is 23.2 Å². The third-order valence-corrected chi connectivity index (χ3v) is 2.86. The van der Waals surface area contributed by atoms with Gasteiger partial charge in [0, 0.05) is 11.8 Å². The van der Waals surface area contributed by atoms with Gasteiger partial charge in [0.15, 0.2) is 0 Å². The summed E-state index contributed by atoms with van der Waals surface area (Å²) in [5, 5.41) is 4.84. The predicted molar refractivity (Wildman–Crippen MR) is 66.2 cm³/mol. The average molecular weight is 265 g/mol. The van der Waals surface area contributed by atoms with Crippen molar-refractivity contribution in [2.75, 3.05) is 0 Å². The highest BCUT2D eigenvalue weighted by Crippen LogP contribution is 2.29. The Bertz CT molecular complexity index is 693. The van der Waals surface area contributed by atoms with Gasteiger partial charge in [0.25, 0.3) is 0 Å². The number of halogens is 2. The zero-order valence-electron chi connectivity index (χ0n) is 8.51. The number of fused-ring (bicyclic) bond motifs is 1. The zero-order valence-corrected chi connectivity index (χ0v) is 10.0. The van der Waals surface area contributed by atoms with Gasteiger partial charge in [-0.1, -0.05) is 17.7 Å². The molecule has 0 aliphatic rings. The fraction of sp³-hybridized carbons (Fsp3) is 0. The standard InChI is InChI=1S/C11H6Cl2N4/c12-8-6-14-11(13)16-10(8)7-5-15-17-4-2-1-3-9(7)17/h1-6H. The van der Waals surface area contributed by atoms with Crippen LogP contribution < -0.4 is 0 Å². The number of rotatable bonds is 1. The van der Waals surface area contributed by atoms with Crippen molar-refractivity contribution in [3.05, 3.63) is 47.1 Å². The molecule has 0 atom stereocenters. The van der Waals surface area contributed by atoms with Gasteiger partial charge in [-0.05, 0) is 23.7 Å². The molecule has 0 N–H and O–H groups in total. The first kappa shape index (κ1) is 10.5. The summed E-state index contributed by atoms with van der Waals surface area (Å²) in [4.78, 5) is 7.96. The van der Waals surface area contributed by atoms with Gasteiger partial charge in [0.2, 0.25) is 5.28 Å². The van der Waals surface area contributed by atoms with Crippen molar-refractivity contribution in [2.45, 2.75) is 0 Å². The topological polar surface area (TPSA) is 43.1 Å². The third-order valence-electron chi connectivity index (χ3n) is 2.40. The molecule has 17 heavy (non-hydrogen) atoms. The van der Waals surface area contributed by atoms with Gasteiger partial charge in [0.1, 0.15) is 0 Å². The first-order chi connectivity index (χ1) is 8.25. The SMILES string of the molecule is Clc1ncc(Cl)c(-c2cnn3ccccc23)n1. The lowest BCUT2D eigenvalue weighted by Crippen LogP contribution is -1.89. The molecule has 84 valence electrons. The van der Waals surface area contributed by atoms with Crippen LogP contribution in [0.1, 0.15) is 0 Å². The molecule has 0 fully saturated rings. The summed E-state index contributed by atoms with van der Waals surface area (Å²) in [6.45, 7) is 0. The van der Waals surface area contributed by atoms with Crippen LogP contribution in [0.4, 0.5) is 0 Å². The summed E-state index contributed by atoms with van der Waals surface area (Å²) < 4.78 is 1.75. The Balaban J connectivity index is 2.31. The van der Waals surface area contributed by atoms with E-state index in [1.165, 1.54) is 6.20 Å². The Morgan fingerprint density at radius 2 is 2.00 bits per heavy atom. The van der Waals surface area contributed by atoms with E-state index in [9.17, 15) is 0 Å². The van der Waals surface area contributed by atoms with Crippen molar-refractivity contribution < 1.29 is 0 Å². The van der Waals surface area contributed by atoms with Crippen molar-refractivity contribution in [3.8, 4) is 11.3 Å². The molecule has 3 aromatic heterocycles. The molecule has 0 bridgehead atoms. The first-order valence-electron chi connectivity index (χ1n) is 4.86. The van der Waals surface area contributed by atoms with Crippen molar-refractivity contribution in [1.29, 1.82) is 0 Å². The number of pyridine rings is 1. The molecule has 0 aliphatic carbocycles. The summed E-state index contributed by atoms with van der Waals surface area (Å²) in [7, 11) is 0. The Morgan fingerprint density at radius 1 is 1.12 bits per heavy atom. The maximum absolute atomic E-state index is 6.07. The normalized spacial score (nSPS) is 10.9. The number of hydrogen-bond donors (Lipinski definition) is 0. The van der Waals surface area contributed by atoms with Gasteiger partial charge in [-0.3, -0.25) is 0 Å². The Kier molecular flexibility index (Phi) is 2.46. The average Bonchev–Trinajstić information content (AvgIpc) is 2.76. The van der Waals surface area contributed by atoms with E-state index in [4.69, 9.17) is 23.2 Å². The van der Waals surface area contributed by atoms with Gasteiger partial charge in [0.05, 0.1) is 28.6 Å². The number of hydrogen-bond acceptors (Lipinski definition) is 3. The van der Waals surface area contributed by atoms with Crippen molar-refractivity contribution in [2.24, 2.45) is 0 Å². The lowest BCUT2D eigenvalue weighted by Gasteiger charge is -2.01. The van der Waals surface area contributed by atoms with Crippen LogP contribution in [0.5, 0.6) is 0 Å². The molecule has 0 saturated carbocycles. The van der Waals surface area contributed by atoms with Crippen molar-refractivity contribution in [3.63, 3.8) is 0 Å². The van der Waals surface area contributed by atoms with Crippen LogP contribution in [0.15, 0.2) is 36.8 Å². The second kappa shape index (κ2) is 3.98. The van der Waals surface area contributed by atoms with E-state index in [0.717, 1.165) is 11.1 Å². The Morgan fingerprint density at radius 3 is 2.88 bits per heavy atom. The molecule has 0 aromatic carbocycles. The largest absolute Gasteiger partial charge is 0.240 e. The molecule has 0 amide bonds. The van der Waals surface area contributed by atoms with Gasteiger partial charge in [-0.15, -0.1) is 0 Å². The van der Waals surface area contributed by atoms with Gasteiger partial charge in [-0.2, -0.15) is 5.10 Å². The molecule has 0 saturated heterocycles. The van der Waals surface area contributed by atoms with Crippen molar-refractivity contribution >= 4 is 28.7 Å². The molecule has 3 rings (SSSR count). The first-order valence-corrected chi connectivity index (χ1v) is 5.62. The Labute approximate surface area is 107 Å². The summed E-state index contributed by atoms with van der Waals surface area (Å²) in [6.07, 6.45) is 5.05. The van der Waals surface area contributed by atoms with Crippen LogP contribution in [0, 0.1) is 0 Å². The summed E-state index contributed by atoms with van der Waals surface area (Å²) in [5.41, 5.74) is 2.34. The van der Waals surface area contributed by atoms with E-state index in [-0.39, 0.29) is 5.28 Å². The lowest BCUT2D eigenvalue weighted by molar-refractivity contribution is 0.961. The summed E-state index contributed by atoms with van der Waals surface area (Å²) in [6, 6.07) is 5.77. The monoisotopic (exact) mass is 264 g/mol. The number of aromatic nitrogens is 4. The zero-order chi connectivity index (χ0) is 11.8. The van der Waals surface area contributed by atoms with E-state index in [2.05, 4.69) is 15.1 Å². The van der Waals surface area contributed by atoms with Crippen molar-refractivity contribution in [1.82, 2.24) is 19.6 Å². The fourth-order valence-corrected chi connectivity index (χ4v) is 1.98. The minimum absolute atomic E-state index is 0.166. The third kappa shape index (κ3) is 1.75. The molecular formula is C11H6Cl2N4. The van der Waals surface area contributed by atoms with Gasteiger partial charge >= 0.3 is 0 Å². The minimum Gasteiger partial charge on any atom is -0.240 e. The van der Waals surface area contributed by atoms with E-state index in [1.807, 2.05) is 24.4 Å². The summed E-state index contributed by atoms with van der Waals surface area (Å²) in [5.74, 6) is 0. The van der Waals surface area contributed by atoms with Gasteiger partial charge < -0.3 is 0 Å². The number of nitrogens with zero attached hydrogens (tertiary/aromatic N) is 4. The van der Waals surface area contributed by atoms with Crippen LogP contribution in [-0.4, -0.2) is 19.6 Å². The van der Waals surface area contributed by atoms with Gasteiger partial charge in [-0.25, -0.2) is 14.5 Å². The van der Waals surface area contributed by atoms with E-state index < -0.39 is 0 Å². The molecule has 0 radical (unpaired) electrons. The van der Waals surface area contributed by atoms with Crippen LogP contribution in [0.2, 0.25) is 10.3 Å². The minimum atomic E-state index is 0.166. The van der Waals surface area contributed by atoms with E-state index >= 15 is 0 Å². The van der Waals surface area contributed by atoms with E-state index in [1.54, 1.807) is 10.7 Å². The highest BCUT2D eigenvalue weighted by Gasteiger charge is 2.12. The molecule has 3 heterocycles. The molecule has 6 heteroatoms. The Hall–Kier alpha value is -1.65. The summed E-state index contributed by atoms with van der Waals surface area (Å²) >= 11 is 11.8. The molecule has 3 aromatic rings. The van der Waals surface area contributed by atoms with Crippen LogP contribution in [0.3, 0.4) is 0 Å². The highest BCUT2D eigenvalue weighted by molar-refractivity contribution is 6.33. The molecule has 0 aliphatic heterocycles. The van der Waals surface area contributed by atoms with Crippen LogP contribution in [-0.2, 0) is 0 Å². The fourth-order valence-electron chi connectivity index (χ4n) is 1.65. The molecule has 0 spiro atoms. The highest BCUT2D eigenvalue weighted by atomic mass is 35.5. The maximum Gasteiger partial charge on any atom is 0.222 e. The molecule has 4 nitrogen and oxygen atoms in total. The second-order valence-electron chi connectivity index (χ2n) is 3.42. The van der Waals surface area contributed by atoms with Crippen LogP contribution in [0.25, 0.3) is 16.8 Å². The second-order valence-corrected chi connectivity index (χ2v) is 4.17. The molecule has 0 unspecified atom stereocenters. The smallest absolute Gasteiger partial charge is 0.222 e.